The molecule has 1 aliphatic carbocycles. The zero-order valence-electron chi connectivity index (χ0n) is 13.8. The third-order valence-electron chi connectivity index (χ3n) is 4.85. The van der Waals surface area contributed by atoms with Crippen LogP contribution in [-0.2, 0) is 4.74 Å². The third kappa shape index (κ3) is 4.69. The molecule has 4 nitrogen and oxygen atoms in total. The van der Waals surface area contributed by atoms with Crippen LogP contribution in [0.1, 0.15) is 46.5 Å². The van der Waals surface area contributed by atoms with Crippen molar-refractivity contribution in [3.63, 3.8) is 0 Å². The van der Waals surface area contributed by atoms with Gasteiger partial charge in [0.1, 0.15) is 0 Å². The predicted molar refractivity (Wildman–Crippen MR) is 84.0 cm³/mol. The van der Waals surface area contributed by atoms with E-state index in [2.05, 4.69) is 31.0 Å². The minimum Gasteiger partial charge on any atom is -0.394 e. The first-order chi connectivity index (χ1) is 9.59. The topological polar surface area (TPSA) is 44.7 Å². The van der Waals surface area contributed by atoms with Gasteiger partial charge in [-0.15, -0.1) is 0 Å². The molecular weight excluding hydrogens is 252 g/mol. The van der Waals surface area contributed by atoms with E-state index in [9.17, 15) is 5.11 Å². The summed E-state index contributed by atoms with van der Waals surface area (Å²) in [5.41, 5.74) is -0.0291. The Labute approximate surface area is 124 Å². The molecule has 4 heteroatoms. The molecule has 2 atom stereocenters. The maximum Gasteiger partial charge on any atom is 0.0616 e. The van der Waals surface area contributed by atoms with Crippen molar-refractivity contribution >= 4 is 0 Å². The van der Waals surface area contributed by atoms with Crippen LogP contribution >= 0.6 is 0 Å². The molecule has 1 aliphatic rings. The maximum atomic E-state index is 9.84. The van der Waals surface area contributed by atoms with Crippen molar-refractivity contribution in [3.8, 4) is 0 Å². The highest BCUT2D eigenvalue weighted by Gasteiger charge is 2.41. The van der Waals surface area contributed by atoms with E-state index in [0.29, 0.717) is 12.0 Å². The largest absolute Gasteiger partial charge is 0.394 e. The Morgan fingerprint density at radius 1 is 1.40 bits per heavy atom. The van der Waals surface area contributed by atoms with Crippen LogP contribution < -0.4 is 5.32 Å². The molecule has 0 bridgehead atoms. The molecule has 0 spiro atoms. The first-order valence-corrected chi connectivity index (χ1v) is 8.18. The summed E-state index contributed by atoms with van der Waals surface area (Å²) in [6, 6.07) is 0.550. The van der Waals surface area contributed by atoms with Crippen LogP contribution in [0.25, 0.3) is 0 Å². The summed E-state index contributed by atoms with van der Waals surface area (Å²) >= 11 is 0. The van der Waals surface area contributed by atoms with Crippen LogP contribution in [0.3, 0.4) is 0 Å². The number of likely N-dealkylation sites (N-methyl/N-ethyl adjacent to an activating group) is 1. The molecular formula is C16H34N2O2. The van der Waals surface area contributed by atoms with E-state index in [-0.39, 0.29) is 12.1 Å². The van der Waals surface area contributed by atoms with Crippen LogP contribution in [0.4, 0.5) is 0 Å². The molecule has 0 heterocycles. The van der Waals surface area contributed by atoms with Gasteiger partial charge < -0.3 is 15.2 Å². The van der Waals surface area contributed by atoms with Gasteiger partial charge >= 0.3 is 0 Å². The second kappa shape index (κ2) is 8.98. The summed E-state index contributed by atoms with van der Waals surface area (Å²) in [5.74, 6) is 0.594. The van der Waals surface area contributed by atoms with E-state index in [1.54, 1.807) is 7.11 Å². The van der Waals surface area contributed by atoms with E-state index in [4.69, 9.17) is 4.74 Å². The molecule has 20 heavy (non-hydrogen) atoms. The second-order valence-electron chi connectivity index (χ2n) is 6.34. The molecule has 1 saturated carbocycles. The molecule has 0 aromatic carbocycles. The Balaban J connectivity index is 2.52. The maximum absolute atomic E-state index is 9.84. The molecule has 1 fully saturated rings. The standard InChI is InChI=1S/C16H34N2O2/c1-5-17-16(13-19)9-6-7-15(16)8-10-18(14(2)3)11-12-20-4/h14-15,17,19H,5-13H2,1-4H3. The number of ether oxygens (including phenoxy) is 1. The minimum atomic E-state index is -0.0291. The fourth-order valence-electron chi connectivity index (χ4n) is 3.57. The first kappa shape index (κ1) is 17.9. The van der Waals surface area contributed by atoms with Gasteiger partial charge in [-0.2, -0.15) is 0 Å². The molecule has 0 aromatic rings. The molecule has 0 aliphatic heterocycles. The van der Waals surface area contributed by atoms with E-state index in [1.165, 1.54) is 12.8 Å². The van der Waals surface area contributed by atoms with Gasteiger partial charge in [-0.05, 0) is 52.1 Å². The summed E-state index contributed by atoms with van der Waals surface area (Å²) in [7, 11) is 1.76. The molecule has 2 N–H and O–H groups in total. The fourth-order valence-corrected chi connectivity index (χ4v) is 3.57. The lowest BCUT2D eigenvalue weighted by Crippen LogP contribution is -2.52. The van der Waals surface area contributed by atoms with E-state index < -0.39 is 0 Å². The lowest BCUT2D eigenvalue weighted by molar-refractivity contribution is 0.0955. The number of nitrogens with zero attached hydrogens (tertiary/aromatic N) is 1. The van der Waals surface area contributed by atoms with Gasteiger partial charge in [0, 0.05) is 25.2 Å². The lowest BCUT2D eigenvalue weighted by atomic mass is 9.85. The van der Waals surface area contributed by atoms with Gasteiger partial charge in [0.2, 0.25) is 0 Å². The second-order valence-corrected chi connectivity index (χ2v) is 6.34. The third-order valence-corrected chi connectivity index (χ3v) is 4.85. The van der Waals surface area contributed by atoms with Crippen LogP contribution in [0.15, 0.2) is 0 Å². The molecule has 1 rings (SSSR count). The van der Waals surface area contributed by atoms with Gasteiger partial charge in [0.25, 0.3) is 0 Å². The van der Waals surface area contributed by atoms with Gasteiger partial charge in [-0.3, -0.25) is 4.90 Å². The molecule has 0 amide bonds. The molecule has 2 unspecified atom stereocenters. The number of nitrogens with one attached hydrogen (secondary N) is 1. The van der Waals surface area contributed by atoms with Crippen molar-refractivity contribution in [1.29, 1.82) is 0 Å². The van der Waals surface area contributed by atoms with E-state index in [0.717, 1.165) is 39.1 Å². The number of aliphatic hydroxyl groups is 1. The van der Waals surface area contributed by atoms with Gasteiger partial charge in [-0.25, -0.2) is 0 Å². The van der Waals surface area contributed by atoms with E-state index >= 15 is 0 Å². The summed E-state index contributed by atoms with van der Waals surface area (Å²) in [6.07, 6.45) is 4.75. The van der Waals surface area contributed by atoms with Crippen LogP contribution in [0.5, 0.6) is 0 Å². The average Bonchev–Trinajstić information content (AvgIpc) is 2.82. The number of hydrogen-bond acceptors (Lipinski definition) is 4. The average molecular weight is 286 g/mol. The Morgan fingerprint density at radius 3 is 2.70 bits per heavy atom. The van der Waals surface area contributed by atoms with Crippen molar-refractivity contribution in [3.05, 3.63) is 0 Å². The van der Waals surface area contributed by atoms with Crippen LogP contribution in [0, 0.1) is 5.92 Å². The van der Waals surface area contributed by atoms with Crippen molar-refractivity contribution in [1.82, 2.24) is 10.2 Å². The monoisotopic (exact) mass is 286 g/mol. The number of hydrogen-bond donors (Lipinski definition) is 2. The molecule has 0 aromatic heterocycles. The Morgan fingerprint density at radius 2 is 2.15 bits per heavy atom. The van der Waals surface area contributed by atoms with Gasteiger partial charge in [0.05, 0.1) is 13.2 Å². The predicted octanol–water partition coefficient (Wildman–Crippen LogP) is 1.87. The van der Waals surface area contributed by atoms with Crippen molar-refractivity contribution in [2.45, 2.75) is 58.0 Å². The van der Waals surface area contributed by atoms with Crippen LogP contribution in [-0.4, -0.2) is 61.5 Å². The summed E-state index contributed by atoms with van der Waals surface area (Å²) < 4.78 is 5.20. The highest BCUT2D eigenvalue weighted by Crippen LogP contribution is 2.37. The zero-order chi connectivity index (χ0) is 15.0. The van der Waals surface area contributed by atoms with Crippen molar-refractivity contribution in [2.24, 2.45) is 5.92 Å². The summed E-state index contributed by atoms with van der Waals surface area (Å²) in [5, 5.41) is 13.4. The SMILES string of the molecule is CCNC1(CO)CCCC1CCN(CCOC)C(C)C. The normalized spacial score (nSPS) is 26.9. The lowest BCUT2D eigenvalue weighted by Gasteiger charge is -2.36. The number of aliphatic hydroxyl groups excluding tert-OH is 1. The Kier molecular flexibility index (Phi) is 8.03. The van der Waals surface area contributed by atoms with Crippen LogP contribution in [0.2, 0.25) is 0 Å². The zero-order valence-corrected chi connectivity index (χ0v) is 13.8. The van der Waals surface area contributed by atoms with E-state index in [1.807, 2.05) is 0 Å². The minimum absolute atomic E-state index is 0.0291. The summed E-state index contributed by atoms with van der Waals surface area (Å²) in [4.78, 5) is 2.48. The Bertz CT molecular complexity index is 261. The highest BCUT2D eigenvalue weighted by molar-refractivity contribution is 4.99. The van der Waals surface area contributed by atoms with Crippen molar-refractivity contribution < 1.29 is 9.84 Å². The molecule has 0 radical (unpaired) electrons. The van der Waals surface area contributed by atoms with Crippen molar-refractivity contribution in [2.75, 3.05) is 40.0 Å². The Hall–Kier alpha value is -0.160. The molecule has 0 saturated heterocycles. The van der Waals surface area contributed by atoms with Gasteiger partial charge in [0.15, 0.2) is 0 Å². The van der Waals surface area contributed by atoms with Gasteiger partial charge in [-0.1, -0.05) is 13.3 Å². The number of rotatable bonds is 10. The first-order valence-electron chi connectivity index (χ1n) is 8.18. The quantitative estimate of drug-likeness (QED) is 0.643. The molecule has 120 valence electrons. The number of methoxy groups -OCH3 is 1. The fraction of sp³-hybridized carbons (Fsp3) is 1.00. The summed E-state index contributed by atoms with van der Waals surface area (Å²) in [6.45, 7) is 10.7. The highest BCUT2D eigenvalue weighted by atomic mass is 16.5. The smallest absolute Gasteiger partial charge is 0.0616 e.